The van der Waals surface area contributed by atoms with Crippen LogP contribution in [-0.2, 0) is 31.6 Å². The Labute approximate surface area is 216 Å². The Hall–Kier alpha value is -2.87. The zero-order valence-electron chi connectivity index (χ0n) is 22.8. The average Bonchev–Trinajstić information content (AvgIpc) is 2.78. The Morgan fingerprint density at radius 1 is 0.972 bits per heavy atom. The fourth-order valence-corrected chi connectivity index (χ4v) is 4.60. The first-order chi connectivity index (χ1) is 16.6. The van der Waals surface area contributed by atoms with Gasteiger partial charge in [-0.15, -0.1) is 0 Å². The molecule has 0 aliphatic carbocycles. The molecule has 0 aromatic heterocycles. The molecule has 2 aromatic carbocycles. The zero-order chi connectivity index (χ0) is 27.3. The van der Waals surface area contributed by atoms with E-state index in [4.69, 9.17) is 0 Å². The quantitative estimate of drug-likeness (QED) is 0.513. The summed E-state index contributed by atoms with van der Waals surface area (Å²) in [6.45, 7) is 14.1. The predicted molar refractivity (Wildman–Crippen MR) is 146 cm³/mol. The molecule has 2 aromatic rings. The van der Waals surface area contributed by atoms with Crippen LogP contribution in [0.4, 0.5) is 5.69 Å². The number of hydrogen-bond acceptors (Lipinski definition) is 4. The Bertz CT molecular complexity index is 1150. The third-order valence-corrected chi connectivity index (χ3v) is 7.29. The van der Waals surface area contributed by atoms with Crippen molar-refractivity contribution in [2.45, 2.75) is 66.5 Å². The minimum atomic E-state index is -3.76. The first-order valence-electron chi connectivity index (χ1n) is 12.3. The molecule has 7 nitrogen and oxygen atoms in total. The van der Waals surface area contributed by atoms with Gasteiger partial charge < -0.3 is 10.2 Å². The maximum atomic E-state index is 13.6. The molecule has 198 valence electrons. The number of nitrogens with zero attached hydrogens (tertiary/aromatic N) is 2. The SMILES string of the molecule is Cc1ccccc1CN(C(=O)CN(c1ccc(C(C)(C)C)cc1)S(C)(=O)=O)[C@H](C)C(=O)NCC(C)C. The highest BCUT2D eigenvalue weighted by Gasteiger charge is 2.30. The first kappa shape index (κ1) is 29.4. The molecule has 1 atom stereocenters. The highest BCUT2D eigenvalue weighted by Crippen LogP contribution is 2.26. The van der Waals surface area contributed by atoms with Crippen molar-refractivity contribution in [1.82, 2.24) is 10.2 Å². The summed E-state index contributed by atoms with van der Waals surface area (Å²) in [5, 5.41) is 2.89. The van der Waals surface area contributed by atoms with Crippen LogP contribution in [0.5, 0.6) is 0 Å². The van der Waals surface area contributed by atoms with E-state index < -0.39 is 28.5 Å². The van der Waals surface area contributed by atoms with E-state index in [0.717, 1.165) is 27.3 Å². The van der Waals surface area contributed by atoms with Gasteiger partial charge in [-0.3, -0.25) is 13.9 Å². The lowest BCUT2D eigenvalue weighted by molar-refractivity contribution is -0.139. The van der Waals surface area contributed by atoms with Gasteiger partial charge in [0.05, 0.1) is 11.9 Å². The Balaban J connectivity index is 2.39. The minimum absolute atomic E-state index is 0.0899. The van der Waals surface area contributed by atoms with E-state index in [2.05, 4.69) is 26.1 Å². The van der Waals surface area contributed by atoms with Crippen LogP contribution in [0.15, 0.2) is 48.5 Å². The smallest absolute Gasteiger partial charge is 0.244 e. The largest absolute Gasteiger partial charge is 0.354 e. The van der Waals surface area contributed by atoms with E-state index in [1.807, 2.05) is 57.2 Å². The number of sulfonamides is 1. The number of carbonyl (C=O) groups excluding carboxylic acids is 2. The van der Waals surface area contributed by atoms with Crippen molar-refractivity contribution >= 4 is 27.5 Å². The van der Waals surface area contributed by atoms with Crippen LogP contribution in [0.3, 0.4) is 0 Å². The van der Waals surface area contributed by atoms with E-state index in [9.17, 15) is 18.0 Å². The fraction of sp³-hybridized carbons (Fsp3) is 0.500. The zero-order valence-corrected chi connectivity index (χ0v) is 23.6. The number of amides is 2. The predicted octanol–water partition coefficient (Wildman–Crippen LogP) is 4.25. The topological polar surface area (TPSA) is 86.8 Å². The van der Waals surface area contributed by atoms with Crippen LogP contribution in [0.25, 0.3) is 0 Å². The molecule has 0 aliphatic heterocycles. The van der Waals surface area contributed by atoms with Crippen molar-refractivity contribution in [3.8, 4) is 0 Å². The van der Waals surface area contributed by atoms with Gasteiger partial charge in [0.2, 0.25) is 21.8 Å². The molecule has 0 aliphatic rings. The number of carbonyl (C=O) groups is 2. The van der Waals surface area contributed by atoms with Gasteiger partial charge in [-0.2, -0.15) is 0 Å². The van der Waals surface area contributed by atoms with Gasteiger partial charge in [0.15, 0.2) is 0 Å². The molecule has 1 N–H and O–H groups in total. The number of rotatable bonds is 10. The second-order valence-electron chi connectivity index (χ2n) is 10.8. The summed E-state index contributed by atoms with van der Waals surface area (Å²) in [5.41, 5.74) is 3.26. The van der Waals surface area contributed by atoms with Crippen LogP contribution < -0.4 is 9.62 Å². The number of benzene rings is 2. The van der Waals surface area contributed by atoms with Crippen molar-refractivity contribution in [2.24, 2.45) is 5.92 Å². The summed E-state index contributed by atoms with van der Waals surface area (Å²) in [6, 6.07) is 14.1. The molecule has 36 heavy (non-hydrogen) atoms. The molecule has 0 bridgehead atoms. The third-order valence-electron chi connectivity index (χ3n) is 6.15. The van der Waals surface area contributed by atoms with Gasteiger partial charge in [0.1, 0.15) is 12.6 Å². The summed E-state index contributed by atoms with van der Waals surface area (Å²) >= 11 is 0. The molecule has 0 heterocycles. The van der Waals surface area contributed by atoms with Gasteiger partial charge in [-0.25, -0.2) is 8.42 Å². The molecule has 8 heteroatoms. The molecule has 0 fully saturated rings. The van der Waals surface area contributed by atoms with Crippen molar-refractivity contribution in [1.29, 1.82) is 0 Å². The van der Waals surface area contributed by atoms with Crippen LogP contribution in [0.1, 0.15) is 58.2 Å². The van der Waals surface area contributed by atoms with Crippen molar-refractivity contribution in [2.75, 3.05) is 23.7 Å². The maximum Gasteiger partial charge on any atom is 0.244 e. The lowest BCUT2D eigenvalue weighted by atomic mass is 9.87. The highest BCUT2D eigenvalue weighted by molar-refractivity contribution is 7.92. The number of nitrogens with one attached hydrogen (secondary N) is 1. The van der Waals surface area contributed by atoms with Crippen LogP contribution in [0.2, 0.25) is 0 Å². The Morgan fingerprint density at radius 2 is 1.56 bits per heavy atom. The molecule has 0 unspecified atom stereocenters. The van der Waals surface area contributed by atoms with Gasteiger partial charge >= 0.3 is 0 Å². The molecule has 0 saturated carbocycles. The normalized spacial score (nSPS) is 12.8. The van der Waals surface area contributed by atoms with Crippen LogP contribution in [-0.4, -0.2) is 50.5 Å². The summed E-state index contributed by atoms with van der Waals surface area (Å²) in [7, 11) is -3.76. The highest BCUT2D eigenvalue weighted by atomic mass is 32.2. The summed E-state index contributed by atoms with van der Waals surface area (Å²) in [4.78, 5) is 28.0. The van der Waals surface area contributed by atoms with Gasteiger partial charge in [0.25, 0.3) is 0 Å². The lowest BCUT2D eigenvalue weighted by Crippen LogP contribution is -2.51. The summed E-state index contributed by atoms with van der Waals surface area (Å²) in [6.07, 6.45) is 1.09. The fourth-order valence-electron chi connectivity index (χ4n) is 3.75. The average molecular weight is 516 g/mol. The Kier molecular flexibility index (Phi) is 9.71. The number of aryl methyl sites for hydroxylation is 1. The van der Waals surface area contributed by atoms with Crippen LogP contribution in [0, 0.1) is 12.8 Å². The van der Waals surface area contributed by atoms with Crippen molar-refractivity contribution in [3.05, 3.63) is 65.2 Å². The molecule has 0 spiro atoms. The van der Waals surface area contributed by atoms with E-state index in [1.165, 1.54) is 4.90 Å². The third kappa shape index (κ3) is 8.08. The van der Waals surface area contributed by atoms with E-state index >= 15 is 0 Å². The van der Waals surface area contributed by atoms with Gasteiger partial charge in [-0.05, 0) is 54.0 Å². The van der Waals surface area contributed by atoms with E-state index in [-0.39, 0.29) is 23.8 Å². The number of anilines is 1. The van der Waals surface area contributed by atoms with Crippen molar-refractivity contribution < 1.29 is 18.0 Å². The molecule has 2 rings (SSSR count). The lowest BCUT2D eigenvalue weighted by Gasteiger charge is -2.32. The van der Waals surface area contributed by atoms with Crippen molar-refractivity contribution in [3.63, 3.8) is 0 Å². The summed E-state index contributed by atoms with van der Waals surface area (Å²) in [5.74, 6) is -0.458. The minimum Gasteiger partial charge on any atom is -0.354 e. The Morgan fingerprint density at radius 3 is 2.06 bits per heavy atom. The molecular formula is C28H41N3O4S. The second kappa shape index (κ2) is 11.9. The molecule has 0 radical (unpaired) electrons. The molecule has 0 saturated heterocycles. The first-order valence-corrected chi connectivity index (χ1v) is 14.2. The second-order valence-corrected chi connectivity index (χ2v) is 12.7. The molecule has 2 amide bonds. The van der Waals surface area contributed by atoms with Gasteiger partial charge in [-0.1, -0.05) is 71.0 Å². The maximum absolute atomic E-state index is 13.6. The van der Waals surface area contributed by atoms with Gasteiger partial charge in [0, 0.05) is 13.1 Å². The van der Waals surface area contributed by atoms with E-state index in [0.29, 0.717) is 12.2 Å². The standard InChI is InChI=1S/C28H41N3O4S/c1-20(2)17-29-27(33)22(4)30(18-23-12-10-9-11-21(23)3)26(32)19-31(36(8,34)35)25-15-13-24(14-16-25)28(5,6)7/h9-16,20,22H,17-19H2,1-8H3,(H,29,33)/t22-/m1/s1. The monoisotopic (exact) mass is 515 g/mol. The van der Waals surface area contributed by atoms with E-state index in [1.54, 1.807) is 19.1 Å². The van der Waals surface area contributed by atoms with Crippen LogP contribution >= 0.6 is 0 Å². The number of hydrogen-bond donors (Lipinski definition) is 1. The summed E-state index contributed by atoms with van der Waals surface area (Å²) < 4.78 is 26.6. The molecular weight excluding hydrogens is 474 g/mol.